The van der Waals surface area contributed by atoms with Crippen LogP contribution in [0.2, 0.25) is 0 Å². The van der Waals surface area contributed by atoms with Gasteiger partial charge in [-0.3, -0.25) is 20.4 Å². The monoisotopic (exact) mass is 396 g/mol. The van der Waals surface area contributed by atoms with E-state index in [1.54, 1.807) is 24.3 Å². The molecule has 2 N–H and O–H groups in total. The molecule has 0 aliphatic heterocycles. The van der Waals surface area contributed by atoms with Gasteiger partial charge in [-0.15, -0.1) is 10.2 Å². The third kappa shape index (κ3) is 5.68. The van der Waals surface area contributed by atoms with E-state index in [9.17, 15) is 9.59 Å². The number of nitrogens with zero attached hydrogens (tertiary/aromatic N) is 2. The van der Waals surface area contributed by atoms with Crippen molar-refractivity contribution in [2.24, 2.45) is 0 Å². The highest BCUT2D eigenvalue weighted by Crippen LogP contribution is 2.17. The molecule has 0 aliphatic carbocycles. The van der Waals surface area contributed by atoms with Crippen LogP contribution < -0.4 is 10.9 Å². The number of thioether (sulfide) groups is 1. The number of carbonyl (C=O) groups excluding carboxylic acids is 2. The molecule has 0 spiro atoms. The van der Waals surface area contributed by atoms with E-state index in [4.69, 9.17) is 4.42 Å². The van der Waals surface area contributed by atoms with Crippen molar-refractivity contribution in [3.8, 4) is 0 Å². The first-order valence-corrected chi connectivity index (χ1v) is 9.80. The minimum Gasteiger partial charge on any atom is -0.416 e. The van der Waals surface area contributed by atoms with Crippen molar-refractivity contribution in [2.75, 3.05) is 5.75 Å². The van der Waals surface area contributed by atoms with Gasteiger partial charge in [-0.25, -0.2) is 0 Å². The molecule has 0 unspecified atom stereocenters. The zero-order valence-corrected chi connectivity index (χ0v) is 16.2. The average molecular weight is 396 g/mol. The number of amides is 2. The molecule has 0 saturated carbocycles. The SMILES string of the molecule is CCc1ccc(Cc2nnc(SCC(=O)NNC(=O)c3ccccc3)o2)cc1. The Balaban J connectivity index is 1.43. The third-order valence-electron chi connectivity index (χ3n) is 3.91. The van der Waals surface area contributed by atoms with Gasteiger partial charge in [0.1, 0.15) is 0 Å². The summed E-state index contributed by atoms with van der Waals surface area (Å²) in [5, 5.41) is 8.26. The summed E-state index contributed by atoms with van der Waals surface area (Å²) >= 11 is 1.11. The highest BCUT2D eigenvalue weighted by atomic mass is 32.2. The topological polar surface area (TPSA) is 97.1 Å². The Labute approximate surface area is 166 Å². The van der Waals surface area contributed by atoms with Gasteiger partial charge in [0.2, 0.25) is 11.8 Å². The van der Waals surface area contributed by atoms with E-state index in [0.717, 1.165) is 23.7 Å². The van der Waals surface area contributed by atoms with Crippen LogP contribution >= 0.6 is 11.8 Å². The molecule has 0 aliphatic rings. The fraction of sp³-hybridized carbons (Fsp3) is 0.200. The second-order valence-corrected chi connectivity index (χ2v) is 6.89. The number of aromatic nitrogens is 2. The number of aryl methyl sites for hydroxylation is 1. The molecule has 144 valence electrons. The summed E-state index contributed by atoms with van der Waals surface area (Å²) in [7, 11) is 0. The maximum atomic E-state index is 11.9. The Bertz CT molecular complexity index is 926. The van der Waals surface area contributed by atoms with Gasteiger partial charge in [-0.1, -0.05) is 61.2 Å². The van der Waals surface area contributed by atoms with Gasteiger partial charge in [0, 0.05) is 5.56 Å². The highest BCUT2D eigenvalue weighted by molar-refractivity contribution is 7.99. The highest BCUT2D eigenvalue weighted by Gasteiger charge is 2.11. The molecule has 2 amide bonds. The molecule has 7 nitrogen and oxygen atoms in total. The first-order valence-electron chi connectivity index (χ1n) is 8.81. The van der Waals surface area contributed by atoms with Crippen molar-refractivity contribution in [3.63, 3.8) is 0 Å². The molecule has 8 heteroatoms. The number of carbonyl (C=O) groups is 2. The quantitative estimate of drug-likeness (QED) is 0.471. The van der Waals surface area contributed by atoms with Crippen molar-refractivity contribution >= 4 is 23.6 Å². The van der Waals surface area contributed by atoms with E-state index < -0.39 is 0 Å². The van der Waals surface area contributed by atoms with E-state index >= 15 is 0 Å². The van der Waals surface area contributed by atoms with Crippen LogP contribution in [0.1, 0.15) is 34.3 Å². The van der Waals surface area contributed by atoms with E-state index in [0.29, 0.717) is 23.1 Å². The Kier molecular flexibility index (Phi) is 6.80. The van der Waals surface area contributed by atoms with Gasteiger partial charge in [0.15, 0.2) is 0 Å². The summed E-state index contributed by atoms with van der Waals surface area (Å²) in [5.41, 5.74) is 7.54. The maximum absolute atomic E-state index is 11.9. The summed E-state index contributed by atoms with van der Waals surface area (Å²) in [5.74, 6) is -0.219. The van der Waals surface area contributed by atoms with Gasteiger partial charge in [-0.2, -0.15) is 0 Å². The van der Waals surface area contributed by atoms with Crippen molar-refractivity contribution in [3.05, 3.63) is 77.2 Å². The van der Waals surface area contributed by atoms with Crippen LogP contribution in [0, 0.1) is 0 Å². The summed E-state index contributed by atoms with van der Waals surface area (Å²) in [4.78, 5) is 23.7. The van der Waals surface area contributed by atoms with Crippen LogP contribution in [-0.2, 0) is 17.6 Å². The summed E-state index contributed by atoms with van der Waals surface area (Å²) in [6.07, 6.45) is 1.53. The molecule has 3 aromatic rings. The first-order chi connectivity index (χ1) is 13.6. The molecule has 0 fully saturated rings. The minimum atomic E-state index is -0.381. The van der Waals surface area contributed by atoms with Gasteiger partial charge >= 0.3 is 0 Å². The number of hydrogen-bond acceptors (Lipinski definition) is 6. The van der Waals surface area contributed by atoms with E-state index in [2.05, 4.69) is 40.1 Å². The second kappa shape index (κ2) is 9.70. The van der Waals surface area contributed by atoms with Crippen LogP contribution in [0.3, 0.4) is 0 Å². The Morgan fingerprint density at radius 1 is 0.964 bits per heavy atom. The number of hydrogen-bond donors (Lipinski definition) is 2. The molecule has 0 atom stereocenters. The van der Waals surface area contributed by atoms with Crippen LogP contribution in [-0.4, -0.2) is 27.8 Å². The van der Waals surface area contributed by atoms with E-state index in [1.165, 1.54) is 5.56 Å². The lowest BCUT2D eigenvalue weighted by Gasteiger charge is -2.06. The Hall–Kier alpha value is -3.13. The number of nitrogens with one attached hydrogen (secondary N) is 2. The molecule has 0 bridgehead atoms. The maximum Gasteiger partial charge on any atom is 0.277 e. The Morgan fingerprint density at radius 3 is 2.39 bits per heavy atom. The lowest BCUT2D eigenvalue weighted by Crippen LogP contribution is -2.42. The average Bonchev–Trinajstić information content (AvgIpc) is 3.19. The van der Waals surface area contributed by atoms with Gasteiger partial charge in [0.05, 0.1) is 12.2 Å². The molecule has 0 radical (unpaired) electrons. The second-order valence-electron chi connectivity index (χ2n) is 5.97. The molecule has 1 heterocycles. The van der Waals surface area contributed by atoms with Crippen LogP contribution in [0.5, 0.6) is 0 Å². The van der Waals surface area contributed by atoms with Crippen molar-refractivity contribution in [1.29, 1.82) is 0 Å². The van der Waals surface area contributed by atoms with Gasteiger partial charge < -0.3 is 4.42 Å². The lowest BCUT2D eigenvalue weighted by molar-refractivity contribution is -0.119. The molecular weight excluding hydrogens is 376 g/mol. The van der Waals surface area contributed by atoms with Crippen molar-refractivity contribution in [2.45, 2.75) is 25.0 Å². The van der Waals surface area contributed by atoms with Crippen LogP contribution in [0.4, 0.5) is 0 Å². The largest absolute Gasteiger partial charge is 0.416 e. The van der Waals surface area contributed by atoms with Gasteiger partial charge in [0.25, 0.3) is 11.1 Å². The van der Waals surface area contributed by atoms with E-state index in [-0.39, 0.29) is 17.6 Å². The van der Waals surface area contributed by atoms with Crippen LogP contribution in [0.15, 0.2) is 64.2 Å². The molecule has 0 saturated heterocycles. The predicted molar refractivity (Wildman–Crippen MR) is 106 cm³/mol. The molecule has 1 aromatic heterocycles. The van der Waals surface area contributed by atoms with E-state index in [1.807, 2.05) is 18.2 Å². The molecule has 3 rings (SSSR count). The summed E-state index contributed by atoms with van der Waals surface area (Å²) in [6.45, 7) is 2.11. The third-order valence-corrected chi connectivity index (χ3v) is 4.73. The zero-order chi connectivity index (χ0) is 19.8. The van der Waals surface area contributed by atoms with Gasteiger partial charge in [-0.05, 0) is 29.7 Å². The zero-order valence-electron chi connectivity index (χ0n) is 15.3. The number of hydrazine groups is 1. The first kappa shape index (κ1) is 19.6. The number of benzene rings is 2. The summed E-state index contributed by atoms with van der Waals surface area (Å²) < 4.78 is 5.56. The Morgan fingerprint density at radius 2 is 1.68 bits per heavy atom. The minimum absolute atomic E-state index is 0.0436. The fourth-order valence-electron chi connectivity index (χ4n) is 2.39. The number of rotatable bonds is 7. The van der Waals surface area contributed by atoms with Crippen molar-refractivity contribution in [1.82, 2.24) is 21.0 Å². The molecule has 2 aromatic carbocycles. The van der Waals surface area contributed by atoms with Crippen molar-refractivity contribution < 1.29 is 14.0 Å². The van der Waals surface area contributed by atoms with Crippen LogP contribution in [0.25, 0.3) is 0 Å². The molecular formula is C20H20N4O3S. The fourth-order valence-corrected chi connectivity index (χ4v) is 2.97. The predicted octanol–water partition coefficient (Wildman–Crippen LogP) is 2.78. The standard InChI is InChI=1S/C20H20N4O3S/c1-2-14-8-10-15(11-9-14)12-18-22-24-20(27-18)28-13-17(25)21-23-19(26)16-6-4-3-5-7-16/h3-11H,2,12-13H2,1H3,(H,21,25)(H,23,26). The smallest absolute Gasteiger partial charge is 0.277 e. The molecule has 28 heavy (non-hydrogen) atoms. The lowest BCUT2D eigenvalue weighted by atomic mass is 10.1. The normalized spacial score (nSPS) is 10.5. The summed E-state index contributed by atoms with van der Waals surface area (Å²) in [6, 6.07) is 16.9.